The van der Waals surface area contributed by atoms with E-state index in [-0.39, 0.29) is 11.1 Å². The minimum absolute atomic E-state index is 0.171. The molecule has 0 fully saturated rings. The van der Waals surface area contributed by atoms with Crippen molar-refractivity contribution < 1.29 is 4.39 Å². The zero-order valence-corrected chi connectivity index (χ0v) is 9.72. The number of hydrogen-bond donors (Lipinski definition) is 0. The highest BCUT2D eigenvalue weighted by molar-refractivity contribution is 6.28. The molecule has 4 heteroatoms. The van der Waals surface area contributed by atoms with Crippen molar-refractivity contribution in [3.05, 3.63) is 46.6 Å². The van der Waals surface area contributed by atoms with Crippen molar-refractivity contribution in [2.24, 2.45) is 0 Å². The van der Waals surface area contributed by atoms with E-state index < -0.39 is 0 Å². The molecule has 0 aliphatic rings. The first-order valence-corrected chi connectivity index (χ1v) is 5.21. The molecule has 0 saturated heterocycles. The van der Waals surface area contributed by atoms with E-state index in [0.29, 0.717) is 5.69 Å². The van der Waals surface area contributed by atoms with Crippen LogP contribution in [-0.2, 0) is 0 Å². The Labute approximate surface area is 98.1 Å². The van der Waals surface area contributed by atoms with Gasteiger partial charge in [0, 0.05) is 11.8 Å². The molecule has 0 saturated carbocycles. The van der Waals surface area contributed by atoms with Gasteiger partial charge in [-0.25, -0.2) is 14.4 Å². The van der Waals surface area contributed by atoms with Crippen LogP contribution in [0.25, 0.3) is 11.3 Å². The third-order valence-electron chi connectivity index (χ3n) is 2.40. The van der Waals surface area contributed by atoms with Crippen LogP contribution in [0.1, 0.15) is 11.1 Å². The molecular formula is C12H10ClFN2. The number of halogens is 2. The number of aryl methyl sites for hydroxylation is 2. The van der Waals surface area contributed by atoms with Gasteiger partial charge in [0.1, 0.15) is 5.82 Å². The number of aromatic nitrogens is 2. The lowest BCUT2D eigenvalue weighted by atomic mass is 10.0. The minimum Gasteiger partial charge on any atom is -0.226 e. The molecule has 0 aliphatic carbocycles. The molecule has 0 unspecified atom stereocenters. The predicted molar refractivity (Wildman–Crippen MR) is 61.9 cm³/mol. The normalized spacial score (nSPS) is 10.5. The molecule has 0 bridgehead atoms. The molecule has 0 aliphatic heterocycles. The summed E-state index contributed by atoms with van der Waals surface area (Å²) in [6.07, 6.45) is 1.63. The zero-order valence-electron chi connectivity index (χ0n) is 8.96. The molecule has 16 heavy (non-hydrogen) atoms. The summed E-state index contributed by atoms with van der Waals surface area (Å²) in [6.45, 7) is 3.78. The van der Waals surface area contributed by atoms with Gasteiger partial charge in [-0.3, -0.25) is 0 Å². The van der Waals surface area contributed by atoms with Gasteiger partial charge in [0.25, 0.3) is 0 Å². The standard InChI is InChI=1S/C12H10ClFN2/c1-7-3-4-9(14)5-10(7)11-8(2)6-15-12(13)16-11/h3-6H,1-2H3. The highest BCUT2D eigenvalue weighted by Gasteiger charge is 2.09. The lowest BCUT2D eigenvalue weighted by molar-refractivity contribution is 0.628. The maximum Gasteiger partial charge on any atom is 0.222 e. The first kappa shape index (κ1) is 11.0. The summed E-state index contributed by atoms with van der Waals surface area (Å²) in [5.74, 6) is -0.283. The molecular weight excluding hydrogens is 227 g/mol. The molecule has 0 N–H and O–H groups in total. The van der Waals surface area contributed by atoms with Crippen molar-refractivity contribution in [2.75, 3.05) is 0 Å². The average molecular weight is 237 g/mol. The summed E-state index contributed by atoms with van der Waals surface area (Å²) >= 11 is 5.74. The van der Waals surface area contributed by atoms with Crippen LogP contribution in [0.15, 0.2) is 24.4 Å². The molecule has 2 rings (SSSR count). The highest BCUT2D eigenvalue weighted by atomic mass is 35.5. The van der Waals surface area contributed by atoms with Crippen molar-refractivity contribution in [3.63, 3.8) is 0 Å². The smallest absolute Gasteiger partial charge is 0.222 e. The van der Waals surface area contributed by atoms with E-state index in [1.54, 1.807) is 12.3 Å². The van der Waals surface area contributed by atoms with Gasteiger partial charge in [-0.1, -0.05) is 6.07 Å². The van der Waals surface area contributed by atoms with Crippen molar-refractivity contribution in [2.45, 2.75) is 13.8 Å². The monoisotopic (exact) mass is 236 g/mol. The summed E-state index contributed by atoms with van der Waals surface area (Å²) in [6, 6.07) is 4.61. The summed E-state index contributed by atoms with van der Waals surface area (Å²) in [5, 5.41) is 0.171. The Morgan fingerprint density at radius 1 is 1.19 bits per heavy atom. The summed E-state index contributed by atoms with van der Waals surface area (Å²) in [4.78, 5) is 8.01. The molecule has 82 valence electrons. The summed E-state index contributed by atoms with van der Waals surface area (Å²) < 4.78 is 13.2. The van der Waals surface area contributed by atoms with Crippen LogP contribution in [0.3, 0.4) is 0 Å². The second kappa shape index (κ2) is 4.18. The van der Waals surface area contributed by atoms with E-state index in [1.165, 1.54) is 12.1 Å². The Kier molecular flexibility index (Phi) is 2.88. The molecule has 0 radical (unpaired) electrons. The molecule has 0 spiro atoms. The Morgan fingerprint density at radius 3 is 2.69 bits per heavy atom. The van der Waals surface area contributed by atoms with Gasteiger partial charge in [-0.05, 0) is 48.7 Å². The Hall–Kier alpha value is -1.48. The average Bonchev–Trinajstić information content (AvgIpc) is 2.25. The van der Waals surface area contributed by atoms with Crippen LogP contribution < -0.4 is 0 Å². The van der Waals surface area contributed by atoms with Crippen LogP contribution in [-0.4, -0.2) is 9.97 Å². The van der Waals surface area contributed by atoms with E-state index in [2.05, 4.69) is 9.97 Å². The lowest BCUT2D eigenvalue weighted by Gasteiger charge is -2.08. The van der Waals surface area contributed by atoms with Crippen LogP contribution in [0.5, 0.6) is 0 Å². The largest absolute Gasteiger partial charge is 0.226 e. The van der Waals surface area contributed by atoms with Crippen LogP contribution in [0, 0.1) is 19.7 Å². The fourth-order valence-electron chi connectivity index (χ4n) is 1.54. The lowest BCUT2D eigenvalue weighted by Crippen LogP contribution is -1.94. The third kappa shape index (κ3) is 2.04. The van der Waals surface area contributed by atoms with Crippen LogP contribution in [0.2, 0.25) is 5.28 Å². The maximum atomic E-state index is 13.2. The minimum atomic E-state index is -0.283. The predicted octanol–water partition coefficient (Wildman–Crippen LogP) is 3.55. The van der Waals surface area contributed by atoms with Crippen molar-refractivity contribution in [1.82, 2.24) is 9.97 Å². The SMILES string of the molecule is Cc1ccc(F)cc1-c1nc(Cl)ncc1C. The molecule has 0 amide bonds. The van der Waals surface area contributed by atoms with E-state index >= 15 is 0 Å². The van der Waals surface area contributed by atoms with E-state index in [1.807, 2.05) is 13.8 Å². The zero-order chi connectivity index (χ0) is 11.7. The van der Waals surface area contributed by atoms with Gasteiger partial charge in [-0.2, -0.15) is 0 Å². The van der Waals surface area contributed by atoms with Crippen LogP contribution in [0.4, 0.5) is 4.39 Å². The van der Waals surface area contributed by atoms with Gasteiger partial charge in [-0.15, -0.1) is 0 Å². The van der Waals surface area contributed by atoms with Crippen molar-refractivity contribution in [1.29, 1.82) is 0 Å². The number of nitrogens with zero attached hydrogens (tertiary/aromatic N) is 2. The second-order valence-electron chi connectivity index (χ2n) is 3.63. The topological polar surface area (TPSA) is 25.8 Å². The molecule has 0 atom stereocenters. The molecule has 1 heterocycles. The fraction of sp³-hybridized carbons (Fsp3) is 0.167. The van der Waals surface area contributed by atoms with E-state index in [4.69, 9.17) is 11.6 Å². The van der Waals surface area contributed by atoms with Crippen molar-refractivity contribution >= 4 is 11.6 Å². The second-order valence-corrected chi connectivity index (χ2v) is 3.97. The molecule has 2 aromatic rings. The number of benzene rings is 1. The first-order valence-electron chi connectivity index (χ1n) is 4.83. The van der Waals surface area contributed by atoms with Crippen molar-refractivity contribution in [3.8, 4) is 11.3 Å². The van der Waals surface area contributed by atoms with Gasteiger partial charge in [0.15, 0.2) is 0 Å². The summed E-state index contributed by atoms with van der Waals surface area (Å²) in [7, 11) is 0. The molecule has 1 aromatic carbocycles. The fourth-order valence-corrected chi connectivity index (χ4v) is 1.68. The summed E-state index contributed by atoms with van der Waals surface area (Å²) in [5.41, 5.74) is 3.26. The van der Waals surface area contributed by atoms with E-state index in [9.17, 15) is 4.39 Å². The highest BCUT2D eigenvalue weighted by Crippen LogP contribution is 2.25. The van der Waals surface area contributed by atoms with Gasteiger partial charge in [0.2, 0.25) is 5.28 Å². The maximum absolute atomic E-state index is 13.2. The van der Waals surface area contributed by atoms with E-state index in [0.717, 1.165) is 16.7 Å². The molecule has 2 nitrogen and oxygen atoms in total. The van der Waals surface area contributed by atoms with Crippen LogP contribution >= 0.6 is 11.6 Å². The Balaban J connectivity index is 2.66. The Bertz CT molecular complexity index is 491. The third-order valence-corrected chi connectivity index (χ3v) is 2.58. The molecule has 1 aromatic heterocycles. The quantitative estimate of drug-likeness (QED) is 0.708. The first-order chi connectivity index (χ1) is 7.58. The number of rotatable bonds is 1. The Morgan fingerprint density at radius 2 is 1.94 bits per heavy atom. The van der Waals surface area contributed by atoms with Gasteiger partial charge in [0.05, 0.1) is 5.69 Å². The number of hydrogen-bond acceptors (Lipinski definition) is 2. The van der Waals surface area contributed by atoms with Gasteiger partial charge < -0.3 is 0 Å². The van der Waals surface area contributed by atoms with Gasteiger partial charge >= 0.3 is 0 Å².